The first-order chi connectivity index (χ1) is 15.9. The summed E-state index contributed by atoms with van der Waals surface area (Å²) in [5.41, 5.74) is 0.705. The molecule has 34 heavy (non-hydrogen) atoms. The van der Waals surface area contributed by atoms with Crippen LogP contribution in [0.4, 0.5) is 19.4 Å². The molecule has 5 nitrogen and oxygen atoms in total. The van der Waals surface area contributed by atoms with Gasteiger partial charge in [0, 0.05) is 42.7 Å². The highest BCUT2D eigenvalue weighted by Gasteiger charge is 2.65. The normalized spacial score (nSPS) is 12.8. The Morgan fingerprint density at radius 3 is 2.12 bits per heavy atom. The molecule has 0 saturated heterocycles. The number of halogens is 5. The molecule has 11 heteroatoms. The number of pyridine rings is 2. The predicted octanol–water partition coefficient (Wildman–Crippen LogP) is 7.79. The molecule has 0 amide bonds. The van der Waals surface area contributed by atoms with Crippen molar-refractivity contribution in [2.24, 2.45) is 0 Å². The molecule has 0 saturated carbocycles. The van der Waals surface area contributed by atoms with Gasteiger partial charge in [-0.05, 0) is 48.9 Å². The van der Waals surface area contributed by atoms with Crippen LogP contribution in [-0.2, 0) is 6.54 Å². The van der Waals surface area contributed by atoms with E-state index in [-0.39, 0.29) is 42.5 Å². The highest BCUT2D eigenvalue weighted by Crippen LogP contribution is 3.02. The van der Waals surface area contributed by atoms with E-state index in [1.807, 2.05) is 27.7 Å². The van der Waals surface area contributed by atoms with E-state index < -0.39 is 15.1 Å². The van der Waals surface area contributed by atoms with E-state index in [1.165, 1.54) is 22.9 Å². The number of nitrogens with zero attached hydrogens (tertiary/aromatic N) is 2. The summed E-state index contributed by atoms with van der Waals surface area (Å²) in [6, 6.07) is 8.17. The van der Waals surface area contributed by atoms with Crippen molar-refractivity contribution in [2.75, 3.05) is 6.61 Å². The Kier molecular flexibility index (Phi) is 9.42. The third-order valence-corrected chi connectivity index (χ3v) is 5.27. The molecule has 0 radical (unpaired) electrons. The van der Waals surface area contributed by atoms with Gasteiger partial charge in [0.15, 0.2) is 0 Å². The molecule has 190 valence electrons. The number of rotatable bonds is 7. The summed E-state index contributed by atoms with van der Waals surface area (Å²) in [6.45, 7) is 8.20. The topological polar surface area (TPSA) is 64.3 Å². The molecule has 3 aromatic rings. The third-order valence-electron chi connectivity index (χ3n) is 4.11. The van der Waals surface area contributed by atoms with Crippen LogP contribution in [0.3, 0.4) is 0 Å². The maximum Gasteiger partial charge on any atom is 0.310 e. The number of ether oxygens (including phenoxy) is 1. The molecule has 2 aromatic heterocycles. The van der Waals surface area contributed by atoms with Gasteiger partial charge >= 0.3 is 10.2 Å². The fraction of sp³-hybridized carbons (Fsp3) is 0.304. The Morgan fingerprint density at radius 1 is 0.941 bits per heavy atom. The van der Waals surface area contributed by atoms with Crippen molar-refractivity contribution in [1.82, 2.24) is 9.55 Å². The molecule has 0 atom stereocenters. The van der Waals surface area contributed by atoms with Gasteiger partial charge in [-0.1, -0.05) is 47.1 Å². The van der Waals surface area contributed by atoms with Crippen molar-refractivity contribution in [1.29, 1.82) is 0 Å². The lowest BCUT2D eigenvalue weighted by atomic mass is 10.1. The first kappa shape index (κ1) is 29.1. The Bertz CT molecular complexity index is 1120. The van der Waals surface area contributed by atoms with Gasteiger partial charge in [-0.2, -0.15) is 0 Å². The van der Waals surface area contributed by atoms with Gasteiger partial charge in [0.25, 0.3) is 5.56 Å². The maximum atomic E-state index is 12.9. The van der Waals surface area contributed by atoms with Crippen LogP contribution in [0, 0.1) is 0 Å². The molecule has 1 N–H and O–H groups in total. The Hall–Kier alpha value is -2.92. The molecular formula is C23H29F5N2O3S. The highest BCUT2D eigenvalue weighted by atomic mass is 32.5. The molecule has 0 bridgehead atoms. The van der Waals surface area contributed by atoms with E-state index >= 15 is 0 Å². The van der Waals surface area contributed by atoms with Gasteiger partial charge in [0.2, 0.25) is 5.88 Å². The van der Waals surface area contributed by atoms with E-state index in [1.54, 1.807) is 18.3 Å². The molecule has 3 rings (SSSR count). The summed E-state index contributed by atoms with van der Waals surface area (Å²) in [5.74, 6) is -0.0981. The molecule has 0 aliphatic heterocycles. The Balaban J connectivity index is 0.00000137. The first-order valence-electron chi connectivity index (χ1n) is 10.7. The smallest absolute Gasteiger partial charge is 0.310 e. The Morgan fingerprint density at radius 2 is 1.56 bits per heavy atom. The number of benzene rings is 1. The maximum absolute atomic E-state index is 12.9. The highest BCUT2D eigenvalue weighted by molar-refractivity contribution is 8.45. The summed E-state index contributed by atoms with van der Waals surface area (Å²) in [6.07, 6.45) is 3.31. The van der Waals surface area contributed by atoms with Gasteiger partial charge in [-0.15, -0.1) is 0 Å². The van der Waals surface area contributed by atoms with E-state index in [9.17, 15) is 24.2 Å². The van der Waals surface area contributed by atoms with Gasteiger partial charge in [0.05, 0.1) is 0 Å². The molecular weight excluding hydrogens is 479 g/mol. The van der Waals surface area contributed by atoms with E-state index in [4.69, 9.17) is 9.84 Å². The summed E-state index contributed by atoms with van der Waals surface area (Å²) < 4.78 is 71.2. The van der Waals surface area contributed by atoms with Crippen LogP contribution in [0.15, 0.2) is 70.6 Å². The summed E-state index contributed by atoms with van der Waals surface area (Å²) >= 11 is 0. The van der Waals surface area contributed by atoms with Crippen LogP contribution in [0.25, 0.3) is 11.1 Å². The van der Waals surface area contributed by atoms with Crippen molar-refractivity contribution >= 4 is 10.2 Å². The monoisotopic (exact) mass is 508 g/mol. The SMILES string of the molecule is CC.CC.O=c1ccc(-c2cccnc2Oc2ccc(S(F)(F)(F)(F)F)cc2)cn1CCCO. The number of hydrogen-bond donors (Lipinski definition) is 1. The number of aliphatic hydroxyl groups is 1. The number of aromatic nitrogens is 2. The van der Waals surface area contributed by atoms with Crippen LogP contribution in [0.2, 0.25) is 0 Å². The van der Waals surface area contributed by atoms with Crippen LogP contribution >= 0.6 is 10.2 Å². The second-order valence-electron chi connectivity index (χ2n) is 6.43. The summed E-state index contributed by atoms with van der Waals surface area (Å²) in [5, 5.41) is 8.95. The minimum atomic E-state index is -9.77. The molecule has 0 fully saturated rings. The van der Waals surface area contributed by atoms with Gasteiger partial charge in [-0.3, -0.25) is 4.79 Å². The molecule has 2 heterocycles. The van der Waals surface area contributed by atoms with Crippen LogP contribution < -0.4 is 10.3 Å². The number of aliphatic hydroxyl groups excluding tert-OH is 1. The zero-order chi connectivity index (χ0) is 26.1. The molecule has 1 aromatic carbocycles. The van der Waals surface area contributed by atoms with Crippen LogP contribution in [-0.4, -0.2) is 21.3 Å². The van der Waals surface area contributed by atoms with E-state index in [2.05, 4.69) is 4.98 Å². The third kappa shape index (κ3) is 8.14. The predicted molar refractivity (Wildman–Crippen MR) is 126 cm³/mol. The zero-order valence-corrected chi connectivity index (χ0v) is 20.2. The lowest BCUT2D eigenvalue weighted by molar-refractivity contribution is 0.279. The lowest BCUT2D eigenvalue weighted by Crippen LogP contribution is -2.19. The standard InChI is InChI=1S/C19H17F5N2O3S.2C2H6/c20-30(21,22,23,24)16-7-5-15(6-8-16)29-19-17(3-1-10-25-19)14-4-9-18(28)26(13-14)11-2-12-27;2*1-2/h1,3-10,13,27H,2,11-12H2;2*1-2H3. The molecule has 0 unspecified atom stereocenters. The van der Waals surface area contributed by atoms with Crippen molar-refractivity contribution < 1.29 is 29.3 Å². The van der Waals surface area contributed by atoms with Gasteiger partial charge in [0.1, 0.15) is 10.6 Å². The minimum absolute atomic E-state index is 0.0185. The summed E-state index contributed by atoms with van der Waals surface area (Å²) in [4.78, 5) is 14.0. The fourth-order valence-electron chi connectivity index (χ4n) is 2.67. The van der Waals surface area contributed by atoms with Crippen molar-refractivity contribution in [2.45, 2.75) is 45.6 Å². The van der Waals surface area contributed by atoms with Crippen LogP contribution in [0.1, 0.15) is 34.1 Å². The average molecular weight is 509 g/mol. The average Bonchev–Trinajstić information content (AvgIpc) is 2.80. The second kappa shape index (κ2) is 11.0. The minimum Gasteiger partial charge on any atom is -0.438 e. The molecule has 0 aliphatic carbocycles. The zero-order valence-electron chi connectivity index (χ0n) is 19.4. The van der Waals surface area contributed by atoms with Crippen LogP contribution in [0.5, 0.6) is 11.6 Å². The first-order valence-corrected chi connectivity index (χ1v) is 12.6. The van der Waals surface area contributed by atoms with E-state index in [0.717, 1.165) is 12.1 Å². The van der Waals surface area contributed by atoms with Gasteiger partial charge < -0.3 is 14.4 Å². The van der Waals surface area contributed by atoms with Crippen molar-refractivity contribution in [3.05, 3.63) is 71.3 Å². The number of hydrogen-bond acceptors (Lipinski definition) is 4. The largest absolute Gasteiger partial charge is 0.438 e. The van der Waals surface area contributed by atoms with Crippen molar-refractivity contribution in [3.63, 3.8) is 0 Å². The van der Waals surface area contributed by atoms with Crippen molar-refractivity contribution in [3.8, 4) is 22.8 Å². The quantitative estimate of drug-likeness (QED) is 0.331. The second-order valence-corrected chi connectivity index (χ2v) is 8.83. The van der Waals surface area contributed by atoms with Gasteiger partial charge in [-0.25, -0.2) is 4.98 Å². The summed E-state index contributed by atoms with van der Waals surface area (Å²) in [7, 11) is -9.77. The molecule has 0 spiro atoms. The molecule has 0 aliphatic rings. The fourth-order valence-corrected chi connectivity index (χ4v) is 3.33. The van der Waals surface area contributed by atoms with E-state index in [0.29, 0.717) is 17.5 Å². The Labute approximate surface area is 195 Å². The number of aryl methyl sites for hydroxylation is 1. The lowest BCUT2D eigenvalue weighted by Gasteiger charge is -2.40.